The molecule has 3 rings (SSSR count). The normalized spacial score (nSPS) is 28.4. The Morgan fingerprint density at radius 1 is 1.33 bits per heavy atom. The maximum absolute atomic E-state index is 10.9. The smallest absolute Gasteiger partial charge is 0.225 e. The van der Waals surface area contributed by atoms with Crippen LogP contribution in [0.25, 0.3) is 0 Å². The lowest BCUT2D eigenvalue weighted by Gasteiger charge is -2.23. The third kappa shape index (κ3) is 2.08. The lowest BCUT2D eigenvalue weighted by molar-refractivity contribution is 0.174. The summed E-state index contributed by atoms with van der Waals surface area (Å²) < 4.78 is 0. The summed E-state index contributed by atoms with van der Waals surface area (Å²) in [5, 5.41) is 10.9. The van der Waals surface area contributed by atoms with E-state index in [1.165, 1.54) is 25.9 Å². The van der Waals surface area contributed by atoms with Crippen LogP contribution in [-0.4, -0.2) is 48.1 Å². The Hall–Kier alpha value is -1.20. The fraction of sp³-hybridized carbons (Fsp3) is 0.692. The summed E-state index contributed by atoms with van der Waals surface area (Å²) in [4.78, 5) is 13.3. The second-order valence-electron chi connectivity index (χ2n) is 5.65. The van der Waals surface area contributed by atoms with Gasteiger partial charge in [0.25, 0.3) is 0 Å². The van der Waals surface area contributed by atoms with E-state index in [2.05, 4.69) is 26.8 Å². The molecule has 0 aliphatic carbocycles. The Morgan fingerprint density at radius 2 is 2.17 bits per heavy atom. The number of rotatable bonds is 2. The Kier molecular flexibility index (Phi) is 2.95. The van der Waals surface area contributed by atoms with Crippen LogP contribution in [0.5, 0.6) is 0 Å². The summed E-state index contributed by atoms with van der Waals surface area (Å²) in [6, 6.07) is 1.70. The van der Waals surface area contributed by atoms with Gasteiger partial charge >= 0.3 is 0 Å². The molecule has 0 bridgehead atoms. The zero-order chi connectivity index (χ0) is 12.6. The van der Waals surface area contributed by atoms with Crippen LogP contribution >= 0.6 is 0 Å². The molecule has 1 spiro atoms. The van der Waals surface area contributed by atoms with Gasteiger partial charge in [0.15, 0.2) is 0 Å². The van der Waals surface area contributed by atoms with E-state index in [0.29, 0.717) is 11.1 Å². The van der Waals surface area contributed by atoms with Gasteiger partial charge in [0, 0.05) is 31.2 Å². The highest BCUT2D eigenvalue weighted by molar-refractivity contribution is 5.33. The molecule has 0 amide bonds. The van der Waals surface area contributed by atoms with E-state index < -0.39 is 0 Å². The van der Waals surface area contributed by atoms with E-state index in [9.17, 15) is 5.11 Å². The van der Waals surface area contributed by atoms with Crippen molar-refractivity contribution in [1.82, 2.24) is 14.9 Å². The number of nitrogens with zero attached hydrogens (tertiary/aromatic N) is 4. The third-order valence-corrected chi connectivity index (χ3v) is 4.20. The molecular formula is C13H19N4O. The highest BCUT2D eigenvalue weighted by Gasteiger charge is 2.43. The van der Waals surface area contributed by atoms with Crippen molar-refractivity contribution < 1.29 is 5.11 Å². The van der Waals surface area contributed by atoms with Gasteiger partial charge in [-0.25, -0.2) is 15.1 Å². The van der Waals surface area contributed by atoms with Crippen LogP contribution in [0.3, 0.4) is 0 Å². The maximum atomic E-state index is 10.9. The van der Waals surface area contributed by atoms with Gasteiger partial charge in [0.05, 0.1) is 5.69 Å². The van der Waals surface area contributed by atoms with E-state index in [1.54, 1.807) is 12.3 Å². The van der Waals surface area contributed by atoms with Gasteiger partial charge in [-0.2, -0.15) is 0 Å². The van der Waals surface area contributed by atoms with Crippen LogP contribution in [-0.2, 0) is 11.7 Å². The van der Waals surface area contributed by atoms with Crippen molar-refractivity contribution in [3.8, 4) is 0 Å². The molecule has 5 heteroatoms. The zero-order valence-electron chi connectivity index (χ0n) is 10.8. The number of anilines is 1. The van der Waals surface area contributed by atoms with Crippen molar-refractivity contribution in [1.29, 1.82) is 0 Å². The van der Waals surface area contributed by atoms with Crippen molar-refractivity contribution in [2.24, 2.45) is 5.41 Å². The first-order valence-electron chi connectivity index (χ1n) is 6.54. The molecule has 18 heavy (non-hydrogen) atoms. The van der Waals surface area contributed by atoms with Gasteiger partial charge in [0.1, 0.15) is 6.61 Å². The van der Waals surface area contributed by atoms with Crippen molar-refractivity contribution in [2.75, 3.05) is 38.1 Å². The fourth-order valence-corrected chi connectivity index (χ4v) is 3.21. The second-order valence-corrected chi connectivity index (χ2v) is 5.65. The Morgan fingerprint density at radius 3 is 2.89 bits per heavy atom. The molecule has 1 aromatic heterocycles. The number of likely N-dealkylation sites (tertiary alicyclic amines) is 1. The van der Waals surface area contributed by atoms with E-state index in [-0.39, 0.29) is 6.61 Å². The predicted octanol–water partition coefficient (Wildman–Crippen LogP) is 0.939. The maximum Gasteiger partial charge on any atom is 0.225 e. The molecule has 1 radical (unpaired) electrons. The molecule has 1 aromatic rings. The van der Waals surface area contributed by atoms with Crippen LogP contribution in [0.15, 0.2) is 12.3 Å². The number of hydrogen-bond donors (Lipinski definition) is 0. The number of hydrogen-bond acceptors (Lipinski definition) is 4. The van der Waals surface area contributed by atoms with Crippen LogP contribution in [0, 0.1) is 5.41 Å². The van der Waals surface area contributed by atoms with Crippen molar-refractivity contribution >= 4 is 5.95 Å². The molecule has 2 aliphatic heterocycles. The molecule has 0 saturated carbocycles. The minimum Gasteiger partial charge on any atom is -0.340 e. The van der Waals surface area contributed by atoms with Crippen molar-refractivity contribution in [2.45, 2.75) is 19.4 Å². The monoisotopic (exact) mass is 247 g/mol. The summed E-state index contributed by atoms with van der Waals surface area (Å²) in [6.07, 6.45) is 4.17. The SMILES string of the molecule is CN1CCC2(CCN(c3nccc(C[O])n3)C2)C1. The molecule has 3 heterocycles. The van der Waals surface area contributed by atoms with E-state index in [0.717, 1.165) is 19.0 Å². The van der Waals surface area contributed by atoms with E-state index in [1.807, 2.05) is 0 Å². The highest BCUT2D eigenvalue weighted by atomic mass is 16.3. The van der Waals surface area contributed by atoms with Gasteiger partial charge in [-0.3, -0.25) is 0 Å². The van der Waals surface area contributed by atoms with Crippen molar-refractivity contribution in [3.05, 3.63) is 18.0 Å². The lowest BCUT2D eigenvalue weighted by Crippen LogP contribution is -2.30. The molecule has 0 aromatic carbocycles. The van der Waals surface area contributed by atoms with E-state index in [4.69, 9.17) is 0 Å². The standard InChI is InChI=1S/C13H19N4O/c1-16-6-3-13(9-16)4-7-17(10-13)12-14-5-2-11(8-18)15-12/h2,5H,3-4,6-10H2,1H3. The minimum absolute atomic E-state index is 0.267. The first-order chi connectivity index (χ1) is 8.71. The largest absolute Gasteiger partial charge is 0.340 e. The first-order valence-corrected chi connectivity index (χ1v) is 6.54. The summed E-state index contributed by atoms with van der Waals surface area (Å²) >= 11 is 0. The molecule has 1 unspecified atom stereocenters. The van der Waals surface area contributed by atoms with Gasteiger partial charge in [-0.15, -0.1) is 0 Å². The predicted molar refractivity (Wildman–Crippen MR) is 67.8 cm³/mol. The molecule has 2 saturated heterocycles. The second kappa shape index (κ2) is 4.48. The lowest BCUT2D eigenvalue weighted by atomic mass is 9.86. The van der Waals surface area contributed by atoms with Gasteiger partial charge < -0.3 is 9.80 Å². The highest BCUT2D eigenvalue weighted by Crippen LogP contribution is 2.39. The topological polar surface area (TPSA) is 52.2 Å². The molecule has 2 fully saturated rings. The third-order valence-electron chi connectivity index (χ3n) is 4.20. The van der Waals surface area contributed by atoms with Crippen LogP contribution in [0.4, 0.5) is 5.95 Å². The average Bonchev–Trinajstić information content (AvgIpc) is 2.97. The fourth-order valence-electron chi connectivity index (χ4n) is 3.21. The van der Waals surface area contributed by atoms with Gasteiger partial charge in [-0.1, -0.05) is 0 Å². The van der Waals surface area contributed by atoms with Crippen molar-refractivity contribution in [3.63, 3.8) is 0 Å². The molecule has 1 atom stereocenters. The average molecular weight is 247 g/mol. The molecular weight excluding hydrogens is 228 g/mol. The quantitative estimate of drug-likeness (QED) is 0.780. The summed E-state index contributed by atoms with van der Waals surface area (Å²) in [7, 11) is 2.19. The Bertz CT molecular complexity index is 439. The zero-order valence-corrected chi connectivity index (χ0v) is 10.8. The first kappa shape index (κ1) is 11.9. The van der Waals surface area contributed by atoms with Gasteiger partial charge in [-0.05, 0) is 32.5 Å². The van der Waals surface area contributed by atoms with Crippen LogP contribution in [0.2, 0.25) is 0 Å². The van der Waals surface area contributed by atoms with Crippen LogP contribution in [0.1, 0.15) is 18.5 Å². The van der Waals surface area contributed by atoms with Crippen LogP contribution < -0.4 is 4.90 Å². The number of aromatic nitrogens is 2. The molecule has 2 aliphatic rings. The summed E-state index contributed by atoms with van der Waals surface area (Å²) in [5.74, 6) is 0.731. The summed E-state index contributed by atoms with van der Waals surface area (Å²) in [6.45, 7) is 4.13. The summed E-state index contributed by atoms with van der Waals surface area (Å²) in [5.41, 5.74) is 1.01. The Labute approximate surface area is 107 Å². The van der Waals surface area contributed by atoms with Gasteiger partial charge in [0.2, 0.25) is 5.95 Å². The molecule has 97 valence electrons. The Balaban J connectivity index is 1.75. The minimum atomic E-state index is -0.267. The van der Waals surface area contributed by atoms with E-state index >= 15 is 0 Å². The molecule has 0 N–H and O–H groups in total. The molecule has 5 nitrogen and oxygen atoms in total.